The molecule has 0 spiro atoms. The van der Waals surface area contributed by atoms with Gasteiger partial charge in [0.1, 0.15) is 10.8 Å². The molecule has 0 fully saturated rings. The molecular formula is C13H11F3N2O3S. The van der Waals surface area contributed by atoms with Gasteiger partial charge in [0, 0.05) is 17.2 Å². The third-order valence-electron chi connectivity index (χ3n) is 2.68. The Hall–Kier alpha value is -2.03. The fraction of sp³-hybridized carbons (Fsp3) is 0.308. The first kappa shape index (κ1) is 16.3. The Bertz CT molecular complexity index is 707. The summed E-state index contributed by atoms with van der Waals surface area (Å²) in [5.74, 6) is -1.79. The highest BCUT2D eigenvalue weighted by atomic mass is 32.2. The lowest BCUT2D eigenvalue weighted by atomic mass is 10.2. The zero-order valence-electron chi connectivity index (χ0n) is 11.3. The van der Waals surface area contributed by atoms with Gasteiger partial charge in [0.2, 0.25) is 5.82 Å². The number of hydrogen-bond donors (Lipinski definition) is 1. The predicted molar refractivity (Wildman–Crippen MR) is 74.1 cm³/mol. The number of nitrogens with zero attached hydrogens (tertiary/aromatic N) is 2. The molecule has 118 valence electrons. The Morgan fingerprint density at radius 3 is 2.68 bits per heavy atom. The number of alkyl halides is 3. The number of carbonyl (C=O) groups is 1. The predicted octanol–water partition coefficient (Wildman–Crippen LogP) is 3.22. The van der Waals surface area contributed by atoms with E-state index in [-0.39, 0.29) is 22.7 Å². The van der Waals surface area contributed by atoms with Crippen LogP contribution in [-0.4, -0.2) is 33.9 Å². The van der Waals surface area contributed by atoms with E-state index in [1.165, 1.54) is 13.2 Å². The molecule has 0 aliphatic heterocycles. The van der Waals surface area contributed by atoms with Crippen LogP contribution < -0.4 is 4.74 Å². The lowest BCUT2D eigenvalue weighted by Gasteiger charge is -2.11. The number of carboxylic acid groups (broad SMARTS) is 1. The number of fused-ring (bicyclic) bond motifs is 1. The van der Waals surface area contributed by atoms with Crippen LogP contribution in [0.3, 0.4) is 0 Å². The van der Waals surface area contributed by atoms with Gasteiger partial charge in [0.15, 0.2) is 0 Å². The molecule has 5 nitrogen and oxygen atoms in total. The zero-order chi connectivity index (χ0) is 16.3. The minimum Gasteiger partial charge on any atom is -0.497 e. The number of aromatic nitrogens is 2. The van der Waals surface area contributed by atoms with Crippen LogP contribution in [0.2, 0.25) is 0 Å². The van der Waals surface area contributed by atoms with Gasteiger partial charge < -0.3 is 9.84 Å². The van der Waals surface area contributed by atoms with Crippen molar-refractivity contribution in [2.24, 2.45) is 0 Å². The summed E-state index contributed by atoms with van der Waals surface area (Å²) in [5.41, 5.74) is 0.0968. The van der Waals surface area contributed by atoms with Crippen molar-refractivity contribution in [1.82, 2.24) is 9.97 Å². The van der Waals surface area contributed by atoms with Crippen LogP contribution in [-0.2, 0) is 11.0 Å². The first-order chi connectivity index (χ1) is 10.3. The van der Waals surface area contributed by atoms with Crippen molar-refractivity contribution in [2.75, 3.05) is 12.9 Å². The third-order valence-corrected chi connectivity index (χ3v) is 3.67. The van der Waals surface area contributed by atoms with E-state index in [1.54, 1.807) is 12.1 Å². The molecular weight excluding hydrogens is 321 g/mol. The summed E-state index contributed by atoms with van der Waals surface area (Å²) >= 11 is 0.949. The zero-order valence-corrected chi connectivity index (χ0v) is 12.2. The summed E-state index contributed by atoms with van der Waals surface area (Å²) in [4.78, 5) is 17.6. The van der Waals surface area contributed by atoms with Gasteiger partial charge >= 0.3 is 12.1 Å². The molecule has 0 saturated heterocycles. The Morgan fingerprint density at radius 1 is 1.36 bits per heavy atom. The van der Waals surface area contributed by atoms with Gasteiger partial charge in [-0.3, -0.25) is 4.79 Å². The lowest BCUT2D eigenvalue weighted by molar-refractivity contribution is -0.145. The second-order valence-corrected chi connectivity index (χ2v) is 5.31. The molecule has 2 aromatic rings. The number of aliphatic carboxylic acids is 1. The summed E-state index contributed by atoms with van der Waals surface area (Å²) in [6.07, 6.45) is -4.85. The first-order valence-electron chi connectivity index (χ1n) is 6.09. The monoisotopic (exact) mass is 332 g/mol. The van der Waals surface area contributed by atoms with E-state index in [4.69, 9.17) is 9.84 Å². The molecule has 0 amide bonds. The van der Waals surface area contributed by atoms with Gasteiger partial charge in [-0.05, 0) is 12.1 Å². The Balaban J connectivity index is 2.48. The average Bonchev–Trinajstić information content (AvgIpc) is 2.44. The highest BCUT2D eigenvalue weighted by molar-refractivity contribution is 7.99. The van der Waals surface area contributed by atoms with Gasteiger partial charge in [0.05, 0.1) is 19.0 Å². The number of thioether (sulfide) groups is 1. The number of benzene rings is 1. The average molecular weight is 332 g/mol. The molecule has 0 unspecified atom stereocenters. The minimum absolute atomic E-state index is 0.0968. The number of hydrogen-bond acceptors (Lipinski definition) is 5. The summed E-state index contributed by atoms with van der Waals surface area (Å²) < 4.78 is 43.6. The van der Waals surface area contributed by atoms with E-state index >= 15 is 0 Å². The molecule has 2 rings (SSSR count). The van der Waals surface area contributed by atoms with Crippen LogP contribution in [0.4, 0.5) is 13.2 Å². The van der Waals surface area contributed by atoms with Crippen LogP contribution >= 0.6 is 11.8 Å². The van der Waals surface area contributed by atoms with Gasteiger partial charge in [-0.25, -0.2) is 9.97 Å². The Labute approximate surface area is 127 Å². The van der Waals surface area contributed by atoms with Crippen LogP contribution in [0, 0.1) is 0 Å². The molecule has 9 heteroatoms. The number of halogens is 3. The van der Waals surface area contributed by atoms with Crippen LogP contribution in [0.1, 0.15) is 12.2 Å². The maximum atomic E-state index is 12.9. The van der Waals surface area contributed by atoms with Gasteiger partial charge in [-0.2, -0.15) is 13.2 Å². The molecule has 1 heterocycles. The molecule has 0 saturated carbocycles. The molecule has 0 atom stereocenters. The smallest absolute Gasteiger partial charge is 0.451 e. The van der Waals surface area contributed by atoms with Gasteiger partial charge in [-0.15, -0.1) is 11.8 Å². The topological polar surface area (TPSA) is 72.3 Å². The van der Waals surface area contributed by atoms with Crippen LogP contribution in [0.25, 0.3) is 10.9 Å². The van der Waals surface area contributed by atoms with E-state index in [1.807, 2.05) is 0 Å². The van der Waals surface area contributed by atoms with E-state index in [0.717, 1.165) is 11.8 Å². The SMILES string of the molecule is COc1ccc2c(SCCC(=O)O)nc(C(F)(F)F)nc2c1. The summed E-state index contributed by atoms with van der Waals surface area (Å²) in [6, 6.07) is 4.52. The summed E-state index contributed by atoms with van der Waals surface area (Å²) in [6.45, 7) is 0. The maximum Gasteiger partial charge on any atom is 0.451 e. The van der Waals surface area contributed by atoms with Gasteiger partial charge in [-0.1, -0.05) is 0 Å². The molecule has 1 aromatic heterocycles. The largest absolute Gasteiger partial charge is 0.497 e. The molecule has 0 bridgehead atoms. The minimum atomic E-state index is -4.68. The van der Waals surface area contributed by atoms with Crippen molar-refractivity contribution < 1.29 is 27.8 Å². The van der Waals surface area contributed by atoms with Crippen molar-refractivity contribution in [3.8, 4) is 5.75 Å². The molecule has 0 aliphatic rings. The second-order valence-electron chi connectivity index (χ2n) is 4.23. The van der Waals surface area contributed by atoms with Crippen molar-refractivity contribution in [3.05, 3.63) is 24.0 Å². The standard InChI is InChI=1S/C13H11F3N2O3S/c1-21-7-2-3-8-9(6-7)17-12(13(14,15)16)18-11(8)22-5-4-10(19)20/h2-3,6H,4-5H2,1H3,(H,19,20). The van der Waals surface area contributed by atoms with E-state index in [9.17, 15) is 18.0 Å². The highest BCUT2D eigenvalue weighted by Crippen LogP contribution is 2.33. The summed E-state index contributed by atoms with van der Waals surface area (Å²) in [7, 11) is 1.40. The molecule has 0 aliphatic carbocycles. The maximum absolute atomic E-state index is 12.9. The van der Waals surface area contributed by atoms with E-state index in [2.05, 4.69) is 9.97 Å². The lowest BCUT2D eigenvalue weighted by Crippen LogP contribution is -2.12. The van der Waals surface area contributed by atoms with Crippen molar-refractivity contribution >= 4 is 28.6 Å². The molecule has 22 heavy (non-hydrogen) atoms. The fourth-order valence-corrected chi connectivity index (χ4v) is 2.63. The Kier molecular flexibility index (Phi) is 4.74. The van der Waals surface area contributed by atoms with E-state index < -0.39 is 18.0 Å². The van der Waals surface area contributed by atoms with E-state index in [0.29, 0.717) is 11.1 Å². The molecule has 0 radical (unpaired) electrons. The summed E-state index contributed by atoms with van der Waals surface area (Å²) in [5, 5.41) is 9.13. The molecule has 1 aromatic carbocycles. The number of rotatable bonds is 5. The number of ether oxygens (including phenoxy) is 1. The van der Waals surface area contributed by atoms with Crippen molar-refractivity contribution in [2.45, 2.75) is 17.6 Å². The van der Waals surface area contributed by atoms with Crippen molar-refractivity contribution in [1.29, 1.82) is 0 Å². The van der Waals surface area contributed by atoms with Crippen molar-refractivity contribution in [3.63, 3.8) is 0 Å². The molecule has 1 N–H and O–H groups in total. The quantitative estimate of drug-likeness (QED) is 0.669. The Morgan fingerprint density at radius 2 is 2.09 bits per heavy atom. The van der Waals surface area contributed by atoms with Gasteiger partial charge in [0.25, 0.3) is 0 Å². The van der Waals surface area contributed by atoms with Crippen LogP contribution in [0.5, 0.6) is 5.75 Å². The first-order valence-corrected chi connectivity index (χ1v) is 7.07. The third kappa shape index (κ3) is 3.79. The second kappa shape index (κ2) is 6.39. The number of carboxylic acids is 1. The van der Waals surface area contributed by atoms with Crippen LogP contribution in [0.15, 0.2) is 23.2 Å². The number of methoxy groups -OCH3 is 1. The normalized spacial score (nSPS) is 11.6. The fourth-order valence-electron chi connectivity index (χ4n) is 1.68. The highest BCUT2D eigenvalue weighted by Gasteiger charge is 2.35.